The van der Waals surface area contributed by atoms with Crippen LogP contribution < -0.4 is 0 Å². The van der Waals surface area contributed by atoms with Crippen molar-refractivity contribution in [1.82, 2.24) is 4.98 Å². The highest BCUT2D eigenvalue weighted by Crippen LogP contribution is 2.07. The van der Waals surface area contributed by atoms with E-state index in [4.69, 9.17) is 0 Å². The lowest BCUT2D eigenvalue weighted by Crippen LogP contribution is -1.94. The molecule has 0 aliphatic heterocycles. The van der Waals surface area contributed by atoms with Crippen molar-refractivity contribution in [2.75, 3.05) is 7.11 Å². The third-order valence-corrected chi connectivity index (χ3v) is 1.63. The molecule has 0 aliphatic rings. The molecular formula is C9H6BrNO2. The third kappa shape index (κ3) is 3.26. The number of aromatic nitrogens is 1. The number of pyridine rings is 1. The van der Waals surface area contributed by atoms with Crippen molar-refractivity contribution in [3.8, 4) is 11.8 Å². The summed E-state index contributed by atoms with van der Waals surface area (Å²) < 4.78 is 5.18. The standard InChI is InChI=1S/C9H6BrNO2/c1-13-9(12)3-2-7-4-8(10)6-11-5-7/h4-6H,1H3. The zero-order valence-electron chi connectivity index (χ0n) is 6.87. The van der Waals surface area contributed by atoms with Crippen LogP contribution in [0.2, 0.25) is 0 Å². The van der Waals surface area contributed by atoms with E-state index in [2.05, 4.69) is 37.5 Å². The molecule has 0 aliphatic carbocycles. The number of carbonyl (C=O) groups excluding carboxylic acids is 1. The van der Waals surface area contributed by atoms with E-state index in [1.165, 1.54) is 7.11 Å². The molecule has 4 heteroatoms. The van der Waals surface area contributed by atoms with Crippen molar-refractivity contribution in [3.63, 3.8) is 0 Å². The minimum Gasteiger partial charge on any atom is -0.459 e. The normalized spacial score (nSPS) is 8.46. The maximum absolute atomic E-state index is 10.6. The number of halogens is 1. The van der Waals surface area contributed by atoms with Gasteiger partial charge in [-0.05, 0) is 22.0 Å². The first-order valence-electron chi connectivity index (χ1n) is 3.43. The van der Waals surface area contributed by atoms with Gasteiger partial charge in [0, 0.05) is 28.4 Å². The lowest BCUT2D eigenvalue weighted by molar-refractivity contribution is -0.133. The van der Waals surface area contributed by atoms with Gasteiger partial charge in [-0.1, -0.05) is 5.92 Å². The van der Waals surface area contributed by atoms with E-state index >= 15 is 0 Å². The maximum atomic E-state index is 10.6. The third-order valence-electron chi connectivity index (χ3n) is 1.20. The van der Waals surface area contributed by atoms with Gasteiger partial charge >= 0.3 is 5.97 Å². The predicted molar refractivity (Wildman–Crippen MR) is 50.8 cm³/mol. The van der Waals surface area contributed by atoms with Crippen LogP contribution in [0.15, 0.2) is 22.9 Å². The molecule has 66 valence electrons. The first-order chi connectivity index (χ1) is 6.22. The van der Waals surface area contributed by atoms with E-state index in [1.54, 1.807) is 18.5 Å². The molecular weight excluding hydrogens is 234 g/mol. The number of nitrogens with zero attached hydrogens (tertiary/aromatic N) is 1. The quantitative estimate of drug-likeness (QED) is 0.507. The fourth-order valence-corrected chi connectivity index (χ4v) is 1.02. The smallest absolute Gasteiger partial charge is 0.384 e. The van der Waals surface area contributed by atoms with Crippen LogP contribution in [0.5, 0.6) is 0 Å². The highest BCUT2D eigenvalue weighted by Gasteiger charge is 1.92. The van der Waals surface area contributed by atoms with E-state index in [9.17, 15) is 4.79 Å². The molecule has 13 heavy (non-hydrogen) atoms. The van der Waals surface area contributed by atoms with Crippen LogP contribution in [0.25, 0.3) is 0 Å². The summed E-state index contributed by atoms with van der Waals surface area (Å²) in [7, 11) is 1.29. The Balaban J connectivity index is 2.83. The molecule has 0 N–H and O–H groups in total. The van der Waals surface area contributed by atoms with Crippen molar-refractivity contribution in [2.45, 2.75) is 0 Å². The maximum Gasteiger partial charge on any atom is 0.384 e. The number of esters is 1. The fourth-order valence-electron chi connectivity index (χ4n) is 0.654. The van der Waals surface area contributed by atoms with Gasteiger partial charge in [-0.25, -0.2) is 4.79 Å². The Kier molecular flexibility index (Phi) is 3.47. The second-order valence-corrected chi connectivity index (χ2v) is 3.05. The zero-order chi connectivity index (χ0) is 9.68. The Labute approximate surface area is 84.3 Å². The first kappa shape index (κ1) is 9.75. The number of ether oxygens (including phenoxy) is 1. The average molecular weight is 240 g/mol. The highest BCUT2D eigenvalue weighted by molar-refractivity contribution is 9.10. The first-order valence-corrected chi connectivity index (χ1v) is 4.22. The summed E-state index contributed by atoms with van der Waals surface area (Å²) in [5, 5.41) is 0. The lowest BCUT2D eigenvalue weighted by Gasteiger charge is -1.89. The van der Waals surface area contributed by atoms with Crippen molar-refractivity contribution in [1.29, 1.82) is 0 Å². The van der Waals surface area contributed by atoms with Crippen LogP contribution in [-0.4, -0.2) is 18.1 Å². The molecule has 0 spiro atoms. The van der Waals surface area contributed by atoms with Crippen LogP contribution in [0.4, 0.5) is 0 Å². The second kappa shape index (κ2) is 4.63. The molecule has 0 atom stereocenters. The van der Waals surface area contributed by atoms with Gasteiger partial charge in [-0.2, -0.15) is 0 Å². The second-order valence-electron chi connectivity index (χ2n) is 2.13. The lowest BCUT2D eigenvalue weighted by atomic mass is 10.3. The van der Waals surface area contributed by atoms with E-state index in [0.717, 1.165) is 4.47 Å². The van der Waals surface area contributed by atoms with E-state index in [1.807, 2.05) is 0 Å². The van der Waals surface area contributed by atoms with Crippen LogP contribution in [-0.2, 0) is 9.53 Å². The minimum atomic E-state index is -0.556. The molecule has 0 bridgehead atoms. The van der Waals surface area contributed by atoms with Crippen molar-refractivity contribution in [3.05, 3.63) is 28.5 Å². The van der Waals surface area contributed by atoms with Gasteiger partial charge < -0.3 is 4.74 Å². The molecule has 0 saturated heterocycles. The van der Waals surface area contributed by atoms with Crippen molar-refractivity contribution < 1.29 is 9.53 Å². The predicted octanol–water partition coefficient (Wildman–Crippen LogP) is 1.37. The molecule has 1 aromatic heterocycles. The van der Waals surface area contributed by atoms with Gasteiger partial charge in [-0.15, -0.1) is 0 Å². The molecule has 0 amide bonds. The van der Waals surface area contributed by atoms with Crippen molar-refractivity contribution in [2.24, 2.45) is 0 Å². The number of rotatable bonds is 0. The van der Waals surface area contributed by atoms with Gasteiger partial charge in [0.1, 0.15) is 0 Å². The fraction of sp³-hybridized carbons (Fsp3) is 0.111. The van der Waals surface area contributed by atoms with Gasteiger partial charge in [0.2, 0.25) is 0 Å². The van der Waals surface area contributed by atoms with E-state index in [0.29, 0.717) is 5.56 Å². The SMILES string of the molecule is COC(=O)C#Cc1cncc(Br)c1. The number of hydrogen-bond acceptors (Lipinski definition) is 3. The monoisotopic (exact) mass is 239 g/mol. The van der Waals surface area contributed by atoms with Crippen LogP contribution in [0.1, 0.15) is 5.56 Å². The molecule has 1 heterocycles. The Morgan fingerprint density at radius 3 is 3.00 bits per heavy atom. The molecule has 1 aromatic rings. The summed E-state index contributed by atoms with van der Waals surface area (Å²) in [5.74, 6) is 4.37. The summed E-state index contributed by atoms with van der Waals surface area (Å²) in [4.78, 5) is 14.5. The number of methoxy groups -OCH3 is 1. The highest BCUT2D eigenvalue weighted by atomic mass is 79.9. The van der Waals surface area contributed by atoms with Crippen LogP contribution in [0.3, 0.4) is 0 Å². The molecule has 3 nitrogen and oxygen atoms in total. The Morgan fingerprint density at radius 1 is 1.62 bits per heavy atom. The van der Waals surface area contributed by atoms with Gasteiger partial charge in [-0.3, -0.25) is 4.98 Å². The molecule has 0 radical (unpaired) electrons. The van der Waals surface area contributed by atoms with Gasteiger partial charge in [0.05, 0.1) is 7.11 Å². The average Bonchev–Trinajstić information content (AvgIpc) is 2.14. The summed E-state index contributed by atoms with van der Waals surface area (Å²) in [5.41, 5.74) is 0.666. The van der Waals surface area contributed by atoms with E-state index in [-0.39, 0.29) is 0 Å². The Bertz CT molecular complexity index is 379. The zero-order valence-corrected chi connectivity index (χ0v) is 8.46. The Morgan fingerprint density at radius 2 is 2.38 bits per heavy atom. The summed E-state index contributed by atoms with van der Waals surface area (Å²) in [6.45, 7) is 0. The molecule has 0 aromatic carbocycles. The number of carbonyl (C=O) groups is 1. The molecule has 0 fully saturated rings. The minimum absolute atomic E-state index is 0.556. The van der Waals surface area contributed by atoms with Gasteiger partial charge in [0.25, 0.3) is 0 Å². The summed E-state index contributed by atoms with van der Waals surface area (Å²) in [6, 6.07) is 1.77. The molecule has 1 rings (SSSR count). The topological polar surface area (TPSA) is 39.2 Å². The summed E-state index contributed by atoms with van der Waals surface area (Å²) >= 11 is 3.24. The largest absolute Gasteiger partial charge is 0.459 e. The van der Waals surface area contributed by atoms with E-state index < -0.39 is 5.97 Å². The van der Waals surface area contributed by atoms with Crippen LogP contribution in [0, 0.1) is 11.8 Å². The molecule has 0 unspecified atom stereocenters. The van der Waals surface area contributed by atoms with Crippen molar-refractivity contribution >= 4 is 21.9 Å². The Hall–Kier alpha value is -1.34. The molecule has 0 saturated carbocycles. The van der Waals surface area contributed by atoms with Gasteiger partial charge in [0.15, 0.2) is 0 Å². The van der Waals surface area contributed by atoms with Crippen LogP contribution >= 0.6 is 15.9 Å². The summed E-state index contributed by atoms with van der Waals surface area (Å²) in [6.07, 6.45) is 3.21. The number of hydrogen-bond donors (Lipinski definition) is 0.